The van der Waals surface area contributed by atoms with Gasteiger partial charge in [0.25, 0.3) is 0 Å². The highest BCUT2D eigenvalue weighted by Gasteiger charge is 2.40. The van der Waals surface area contributed by atoms with Gasteiger partial charge >= 0.3 is 0 Å². The minimum atomic E-state index is -0.604. The third-order valence-electron chi connectivity index (χ3n) is 4.49. The lowest BCUT2D eigenvalue weighted by molar-refractivity contribution is -0.124. The first-order chi connectivity index (χ1) is 8.40. The second kappa shape index (κ2) is 5.17. The summed E-state index contributed by atoms with van der Waals surface area (Å²) < 4.78 is 0. The normalized spacial score (nSPS) is 31.6. The molecule has 1 aliphatic carbocycles. The molecule has 2 aliphatic rings. The smallest absolute Gasteiger partial charge is 0.238 e. The second-order valence-corrected chi connectivity index (χ2v) is 6.64. The van der Waals surface area contributed by atoms with E-state index in [0.717, 1.165) is 31.5 Å². The van der Waals surface area contributed by atoms with Crippen molar-refractivity contribution in [2.24, 2.45) is 17.6 Å². The van der Waals surface area contributed by atoms with E-state index in [1.54, 1.807) is 0 Å². The predicted molar refractivity (Wildman–Crippen MR) is 73.1 cm³/mol. The molecule has 3 N–H and O–H groups in total. The van der Waals surface area contributed by atoms with Gasteiger partial charge in [-0.15, -0.1) is 0 Å². The van der Waals surface area contributed by atoms with Gasteiger partial charge in [0.1, 0.15) is 5.54 Å². The number of hydrogen-bond acceptors (Lipinski definition) is 3. The van der Waals surface area contributed by atoms with Crippen molar-refractivity contribution in [1.82, 2.24) is 10.2 Å². The molecular weight excluding hydrogens is 226 g/mol. The number of nitrogens with zero attached hydrogens (tertiary/aromatic N) is 1. The number of carbonyl (C=O) groups excluding carboxylic acids is 1. The van der Waals surface area contributed by atoms with Gasteiger partial charge in [-0.3, -0.25) is 4.79 Å². The number of nitrogens with two attached hydrogens (primary N) is 1. The van der Waals surface area contributed by atoms with Gasteiger partial charge in [0.2, 0.25) is 5.91 Å². The Morgan fingerprint density at radius 1 is 1.39 bits per heavy atom. The Bertz CT molecular complexity index is 306. The molecule has 3 atom stereocenters. The Kier molecular flexibility index (Phi) is 3.97. The monoisotopic (exact) mass is 253 g/mol. The Labute approximate surface area is 110 Å². The van der Waals surface area contributed by atoms with Crippen molar-refractivity contribution in [2.75, 3.05) is 19.6 Å². The van der Waals surface area contributed by atoms with E-state index in [0.29, 0.717) is 0 Å². The third-order valence-corrected chi connectivity index (χ3v) is 4.49. The molecule has 1 saturated carbocycles. The van der Waals surface area contributed by atoms with Crippen LogP contribution in [0.5, 0.6) is 0 Å². The Morgan fingerprint density at radius 3 is 2.39 bits per heavy atom. The summed E-state index contributed by atoms with van der Waals surface area (Å²) in [7, 11) is 0. The van der Waals surface area contributed by atoms with Crippen molar-refractivity contribution in [3.8, 4) is 0 Å². The van der Waals surface area contributed by atoms with Crippen LogP contribution in [0.2, 0.25) is 0 Å². The quantitative estimate of drug-likeness (QED) is 0.767. The third kappa shape index (κ3) is 2.86. The molecular formula is C14H27N3O. The molecule has 1 heterocycles. The summed E-state index contributed by atoms with van der Waals surface area (Å²) in [6, 6.07) is 0.268. The predicted octanol–water partition coefficient (Wildman–Crippen LogP) is 0.960. The first-order valence-electron chi connectivity index (χ1n) is 7.20. The number of primary amides is 1. The lowest BCUT2D eigenvalue weighted by atomic mass is 9.99. The minimum absolute atomic E-state index is 0.242. The van der Waals surface area contributed by atoms with Crippen LogP contribution in [-0.2, 0) is 4.79 Å². The second-order valence-electron chi connectivity index (χ2n) is 6.64. The number of likely N-dealkylation sites (tertiary alicyclic amines) is 1. The zero-order chi connectivity index (χ0) is 13.3. The Morgan fingerprint density at radius 2 is 1.94 bits per heavy atom. The van der Waals surface area contributed by atoms with Gasteiger partial charge < -0.3 is 16.0 Å². The van der Waals surface area contributed by atoms with Crippen LogP contribution in [0.15, 0.2) is 0 Å². The van der Waals surface area contributed by atoms with E-state index < -0.39 is 5.54 Å². The van der Waals surface area contributed by atoms with Crippen LogP contribution in [0.1, 0.15) is 40.0 Å². The van der Waals surface area contributed by atoms with Crippen molar-refractivity contribution >= 4 is 5.91 Å². The molecule has 2 rings (SSSR count). The highest BCUT2D eigenvalue weighted by Crippen LogP contribution is 2.38. The van der Waals surface area contributed by atoms with Gasteiger partial charge in [-0.05, 0) is 45.4 Å². The van der Waals surface area contributed by atoms with Crippen molar-refractivity contribution < 1.29 is 4.79 Å². The van der Waals surface area contributed by atoms with E-state index in [9.17, 15) is 4.79 Å². The van der Waals surface area contributed by atoms with Gasteiger partial charge in [0.05, 0.1) is 0 Å². The largest absolute Gasteiger partial charge is 0.368 e. The van der Waals surface area contributed by atoms with Crippen LogP contribution in [0.4, 0.5) is 0 Å². The molecule has 1 amide bonds. The summed E-state index contributed by atoms with van der Waals surface area (Å²) in [4.78, 5) is 14.1. The average molecular weight is 253 g/mol. The van der Waals surface area contributed by atoms with Crippen molar-refractivity contribution in [2.45, 2.75) is 51.6 Å². The summed E-state index contributed by atoms with van der Waals surface area (Å²) in [6.45, 7) is 9.08. The van der Waals surface area contributed by atoms with Gasteiger partial charge in [-0.2, -0.15) is 0 Å². The summed E-state index contributed by atoms with van der Waals surface area (Å²) >= 11 is 0. The molecule has 2 fully saturated rings. The first kappa shape index (κ1) is 13.8. The maximum atomic E-state index is 11.7. The van der Waals surface area contributed by atoms with E-state index in [-0.39, 0.29) is 11.9 Å². The summed E-state index contributed by atoms with van der Waals surface area (Å²) in [5.74, 6) is 1.48. The molecule has 1 saturated heterocycles. The fraction of sp³-hybridized carbons (Fsp3) is 0.929. The molecule has 0 aromatic carbocycles. The molecule has 18 heavy (non-hydrogen) atoms. The van der Waals surface area contributed by atoms with E-state index in [1.807, 2.05) is 6.92 Å². The molecule has 104 valence electrons. The van der Waals surface area contributed by atoms with Crippen molar-refractivity contribution in [1.29, 1.82) is 0 Å². The molecule has 0 bridgehead atoms. The highest BCUT2D eigenvalue weighted by molar-refractivity contribution is 5.84. The maximum absolute atomic E-state index is 11.7. The van der Waals surface area contributed by atoms with E-state index in [1.165, 1.54) is 19.3 Å². The molecule has 0 radical (unpaired) electrons. The standard InChI is InChI=1S/C14H27N3O/c1-10(2)16-14(3,13(15)18)9-17-7-11-5-4-6-12(11)8-17/h10-12,16H,4-9H2,1-3H3,(H2,15,18). The lowest BCUT2D eigenvalue weighted by Crippen LogP contribution is -2.61. The van der Waals surface area contributed by atoms with E-state index in [2.05, 4.69) is 24.1 Å². The van der Waals surface area contributed by atoms with Gasteiger partial charge in [-0.1, -0.05) is 6.42 Å². The Hall–Kier alpha value is -0.610. The number of hydrogen-bond donors (Lipinski definition) is 2. The minimum Gasteiger partial charge on any atom is -0.368 e. The van der Waals surface area contributed by atoms with E-state index >= 15 is 0 Å². The first-order valence-corrected chi connectivity index (χ1v) is 7.20. The Balaban J connectivity index is 1.95. The lowest BCUT2D eigenvalue weighted by Gasteiger charge is -2.34. The van der Waals surface area contributed by atoms with Crippen LogP contribution in [0.3, 0.4) is 0 Å². The number of nitrogens with one attached hydrogen (secondary N) is 1. The topological polar surface area (TPSA) is 58.4 Å². The van der Waals surface area contributed by atoms with Gasteiger partial charge in [0.15, 0.2) is 0 Å². The average Bonchev–Trinajstić information content (AvgIpc) is 2.75. The van der Waals surface area contributed by atoms with Crippen LogP contribution >= 0.6 is 0 Å². The molecule has 0 aromatic heterocycles. The molecule has 3 unspecified atom stereocenters. The van der Waals surface area contributed by atoms with Crippen LogP contribution in [-0.4, -0.2) is 42.0 Å². The maximum Gasteiger partial charge on any atom is 0.238 e. The number of rotatable bonds is 5. The summed E-state index contributed by atoms with van der Waals surface area (Å²) in [5.41, 5.74) is 4.98. The zero-order valence-electron chi connectivity index (χ0n) is 11.9. The molecule has 4 nitrogen and oxygen atoms in total. The van der Waals surface area contributed by atoms with Gasteiger partial charge in [-0.25, -0.2) is 0 Å². The summed E-state index contributed by atoms with van der Waals surface area (Å²) in [5, 5.41) is 3.33. The fourth-order valence-electron chi connectivity index (χ4n) is 3.74. The number of fused-ring (bicyclic) bond motifs is 1. The highest BCUT2D eigenvalue weighted by atomic mass is 16.1. The van der Waals surface area contributed by atoms with Crippen molar-refractivity contribution in [3.05, 3.63) is 0 Å². The molecule has 1 aliphatic heterocycles. The van der Waals surface area contributed by atoms with Crippen LogP contribution < -0.4 is 11.1 Å². The van der Waals surface area contributed by atoms with Gasteiger partial charge in [0, 0.05) is 25.7 Å². The molecule has 4 heteroatoms. The SMILES string of the molecule is CC(C)NC(C)(CN1CC2CCCC2C1)C(N)=O. The fourth-order valence-corrected chi connectivity index (χ4v) is 3.74. The van der Waals surface area contributed by atoms with Crippen LogP contribution in [0, 0.1) is 11.8 Å². The zero-order valence-corrected chi connectivity index (χ0v) is 11.9. The molecule has 0 spiro atoms. The van der Waals surface area contributed by atoms with Crippen LogP contribution in [0.25, 0.3) is 0 Å². The number of amides is 1. The summed E-state index contributed by atoms with van der Waals surface area (Å²) in [6.07, 6.45) is 4.12. The van der Waals surface area contributed by atoms with E-state index in [4.69, 9.17) is 5.73 Å². The number of carbonyl (C=O) groups is 1. The molecule has 0 aromatic rings. The van der Waals surface area contributed by atoms with Crippen molar-refractivity contribution in [3.63, 3.8) is 0 Å².